The van der Waals surface area contributed by atoms with E-state index in [4.69, 9.17) is 11.6 Å². The van der Waals surface area contributed by atoms with Gasteiger partial charge in [-0.2, -0.15) is 0 Å². The van der Waals surface area contributed by atoms with E-state index in [1.807, 2.05) is 6.07 Å². The lowest BCUT2D eigenvalue weighted by atomic mass is 9.91. The average molecular weight is 293 g/mol. The summed E-state index contributed by atoms with van der Waals surface area (Å²) in [6.07, 6.45) is 2.81. The standard InChI is InChI=1S/C15H14ClFN2O/c16-11-6-4-9(8-12(11)17)18-13-2-1-3-14-10(13)5-7-15(20)19-14/h4-8,13,18H,1-3H2,(H,19,20). The van der Waals surface area contributed by atoms with E-state index in [0.29, 0.717) is 5.69 Å². The highest BCUT2D eigenvalue weighted by Crippen LogP contribution is 2.31. The van der Waals surface area contributed by atoms with Crippen molar-refractivity contribution in [1.29, 1.82) is 0 Å². The van der Waals surface area contributed by atoms with E-state index in [9.17, 15) is 9.18 Å². The first kappa shape index (κ1) is 13.2. The fourth-order valence-corrected chi connectivity index (χ4v) is 2.75. The minimum Gasteiger partial charge on any atom is -0.378 e. The van der Waals surface area contributed by atoms with Crippen molar-refractivity contribution < 1.29 is 4.39 Å². The molecule has 104 valence electrons. The van der Waals surface area contributed by atoms with E-state index in [-0.39, 0.29) is 16.6 Å². The molecule has 2 N–H and O–H groups in total. The van der Waals surface area contributed by atoms with Crippen LogP contribution in [0.25, 0.3) is 0 Å². The number of H-pyrrole nitrogens is 1. The number of fused-ring (bicyclic) bond motifs is 1. The van der Waals surface area contributed by atoms with Crippen molar-refractivity contribution in [2.45, 2.75) is 25.3 Å². The Hall–Kier alpha value is -1.81. The van der Waals surface area contributed by atoms with Gasteiger partial charge in [-0.1, -0.05) is 11.6 Å². The van der Waals surface area contributed by atoms with Crippen molar-refractivity contribution in [1.82, 2.24) is 4.98 Å². The van der Waals surface area contributed by atoms with Crippen LogP contribution in [0.4, 0.5) is 10.1 Å². The maximum Gasteiger partial charge on any atom is 0.248 e. The molecule has 0 saturated heterocycles. The van der Waals surface area contributed by atoms with Gasteiger partial charge in [-0.05, 0) is 49.1 Å². The Morgan fingerprint density at radius 2 is 2.15 bits per heavy atom. The van der Waals surface area contributed by atoms with Gasteiger partial charge < -0.3 is 10.3 Å². The van der Waals surface area contributed by atoms with Crippen LogP contribution in [0.5, 0.6) is 0 Å². The quantitative estimate of drug-likeness (QED) is 0.887. The molecule has 0 spiro atoms. The van der Waals surface area contributed by atoms with Crippen LogP contribution in [0.15, 0.2) is 35.1 Å². The summed E-state index contributed by atoms with van der Waals surface area (Å²) >= 11 is 5.68. The summed E-state index contributed by atoms with van der Waals surface area (Å²) in [5.41, 5.74) is 2.65. The van der Waals surface area contributed by atoms with Crippen molar-refractivity contribution in [3.63, 3.8) is 0 Å². The number of aromatic nitrogens is 1. The molecule has 0 saturated carbocycles. The molecular formula is C15H14ClFN2O. The number of nitrogens with one attached hydrogen (secondary N) is 2. The van der Waals surface area contributed by atoms with E-state index in [0.717, 1.165) is 30.5 Å². The maximum atomic E-state index is 13.5. The van der Waals surface area contributed by atoms with Gasteiger partial charge in [-0.3, -0.25) is 4.79 Å². The number of aromatic amines is 1. The molecule has 2 aromatic rings. The first-order valence-corrected chi connectivity index (χ1v) is 6.95. The summed E-state index contributed by atoms with van der Waals surface area (Å²) in [4.78, 5) is 14.2. The fourth-order valence-electron chi connectivity index (χ4n) is 2.64. The summed E-state index contributed by atoms with van der Waals surface area (Å²) < 4.78 is 13.5. The number of pyridine rings is 1. The van der Waals surface area contributed by atoms with E-state index >= 15 is 0 Å². The Bertz CT molecular complexity index is 699. The van der Waals surface area contributed by atoms with E-state index in [1.54, 1.807) is 6.07 Å². The van der Waals surface area contributed by atoms with Crippen molar-refractivity contribution >= 4 is 17.3 Å². The minimum absolute atomic E-state index is 0.0798. The second-order valence-electron chi connectivity index (χ2n) is 4.97. The largest absolute Gasteiger partial charge is 0.378 e. The van der Waals surface area contributed by atoms with Crippen LogP contribution in [0.3, 0.4) is 0 Å². The van der Waals surface area contributed by atoms with Crippen LogP contribution in [0, 0.1) is 5.82 Å². The molecule has 1 atom stereocenters. The maximum absolute atomic E-state index is 13.5. The summed E-state index contributed by atoms with van der Waals surface area (Å²) in [6.45, 7) is 0. The number of hydrogen-bond donors (Lipinski definition) is 2. The highest BCUT2D eigenvalue weighted by molar-refractivity contribution is 6.30. The van der Waals surface area contributed by atoms with Crippen LogP contribution < -0.4 is 10.9 Å². The minimum atomic E-state index is -0.436. The molecule has 1 unspecified atom stereocenters. The molecule has 1 heterocycles. The summed E-state index contributed by atoms with van der Waals surface area (Å²) in [5, 5.41) is 3.42. The Kier molecular flexibility index (Phi) is 3.49. The zero-order valence-electron chi connectivity index (χ0n) is 10.7. The van der Waals surface area contributed by atoms with Gasteiger partial charge in [0, 0.05) is 17.4 Å². The third-order valence-corrected chi connectivity index (χ3v) is 3.90. The molecule has 1 aromatic carbocycles. The summed E-state index contributed by atoms with van der Waals surface area (Å²) in [5.74, 6) is -0.436. The molecule has 0 fully saturated rings. The summed E-state index contributed by atoms with van der Waals surface area (Å²) in [6, 6.07) is 8.14. The molecule has 0 radical (unpaired) electrons. The monoisotopic (exact) mass is 292 g/mol. The molecule has 0 aliphatic heterocycles. The van der Waals surface area contributed by atoms with Crippen LogP contribution in [-0.2, 0) is 6.42 Å². The average Bonchev–Trinajstić information content (AvgIpc) is 2.43. The summed E-state index contributed by atoms with van der Waals surface area (Å²) in [7, 11) is 0. The molecule has 3 rings (SSSR count). The number of anilines is 1. The zero-order valence-corrected chi connectivity index (χ0v) is 11.5. The second-order valence-corrected chi connectivity index (χ2v) is 5.38. The lowest BCUT2D eigenvalue weighted by molar-refractivity contribution is 0.585. The van der Waals surface area contributed by atoms with Crippen molar-refractivity contribution in [2.24, 2.45) is 0 Å². The molecular weight excluding hydrogens is 279 g/mol. The Labute approximate surface area is 120 Å². The molecule has 20 heavy (non-hydrogen) atoms. The van der Waals surface area contributed by atoms with Gasteiger partial charge >= 0.3 is 0 Å². The number of aryl methyl sites for hydroxylation is 1. The molecule has 1 aromatic heterocycles. The van der Waals surface area contributed by atoms with E-state index in [1.165, 1.54) is 18.2 Å². The second kappa shape index (κ2) is 5.29. The van der Waals surface area contributed by atoms with Crippen LogP contribution >= 0.6 is 11.6 Å². The topological polar surface area (TPSA) is 44.9 Å². The van der Waals surface area contributed by atoms with Gasteiger partial charge in [0.15, 0.2) is 0 Å². The fraction of sp³-hybridized carbons (Fsp3) is 0.267. The van der Waals surface area contributed by atoms with Crippen LogP contribution in [0.1, 0.15) is 30.1 Å². The molecule has 1 aliphatic rings. The zero-order chi connectivity index (χ0) is 14.1. The van der Waals surface area contributed by atoms with Gasteiger partial charge in [0.2, 0.25) is 5.56 Å². The Morgan fingerprint density at radius 1 is 1.30 bits per heavy atom. The van der Waals surface area contributed by atoms with Crippen molar-refractivity contribution in [2.75, 3.05) is 5.32 Å². The van der Waals surface area contributed by atoms with Gasteiger partial charge in [-0.15, -0.1) is 0 Å². The SMILES string of the molecule is O=c1ccc2c([nH]1)CCCC2Nc1ccc(Cl)c(F)c1. The van der Waals surface area contributed by atoms with Gasteiger partial charge in [-0.25, -0.2) is 4.39 Å². The van der Waals surface area contributed by atoms with Crippen LogP contribution in [-0.4, -0.2) is 4.98 Å². The first-order chi connectivity index (χ1) is 9.63. The third-order valence-electron chi connectivity index (χ3n) is 3.59. The number of rotatable bonds is 2. The predicted molar refractivity (Wildman–Crippen MR) is 77.8 cm³/mol. The van der Waals surface area contributed by atoms with E-state index in [2.05, 4.69) is 10.3 Å². The number of hydrogen-bond acceptors (Lipinski definition) is 2. The number of benzene rings is 1. The highest BCUT2D eigenvalue weighted by Gasteiger charge is 2.20. The van der Waals surface area contributed by atoms with Crippen molar-refractivity contribution in [3.8, 4) is 0 Å². The van der Waals surface area contributed by atoms with Crippen molar-refractivity contribution in [3.05, 3.63) is 62.8 Å². The molecule has 3 nitrogen and oxygen atoms in total. The van der Waals surface area contributed by atoms with Gasteiger partial charge in [0.25, 0.3) is 0 Å². The molecule has 5 heteroatoms. The smallest absolute Gasteiger partial charge is 0.248 e. The van der Waals surface area contributed by atoms with E-state index < -0.39 is 5.82 Å². The van der Waals surface area contributed by atoms with Gasteiger partial charge in [0.05, 0.1) is 11.1 Å². The Morgan fingerprint density at radius 3 is 2.95 bits per heavy atom. The molecule has 0 bridgehead atoms. The Balaban J connectivity index is 1.89. The van der Waals surface area contributed by atoms with Crippen LogP contribution in [0.2, 0.25) is 5.02 Å². The molecule has 0 amide bonds. The predicted octanol–water partition coefficient (Wildman–Crippen LogP) is 3.66. The van der Waals surface area contributed by atoms with Gasteiger partial charge in [0.1, 0.15) is 5.82 Å². The first-order valence-electron chi connectivity index (χ1n) is 6.57. The molecule has 1 aliphatic carbocycles. The highest BCUT2D eigenvalue weighted by atomic mass is 35.5. The normalized spacial score (nSPS) is 17.6. The third kappa shape index (κ3) is 2.56. The lowest BCUT2D eigenvalue weighted by Gasteiger charge is -2.26. The number of halogens is 2. The lowest BCUT2D eigenvalue weighted by Crippen LogP contribution is -2.21.